The van der Waals surface area contributed by atoms with Gasteiger partial charge in [0.2, 0.25) is 0 Å². The molecule has 0 fully saturated rings. The number of halogens is 1. The minimum atomic E-state index is -0.0472. The molecule has 3 aromatic rings. The molecule has 0 aliphatic rings. The number of hydrogen-bond donors (Lipinski definition) is 1. The summed E-state index contributed by atoms with van der Waals surface area (Å²) in [5.74, 6) is -0.0472. The summed E-state index contributed by atoms with van der Waals surface area (Å²) in [5, 5.41) is 3.76. The van der Waals surface area contributed by atoms with Gasteiger partial charge in [0.1, 0.15) is 0 Å². The smallest absolute Gasteiger partial charge is 0.251 e. The summed E-state index contributed by atoms with van der Waals surface area (Å²) in [4.78, 5) is 14.7. The van der Waals surface area contributed by atoms with Crippen LogP contribution in [-0.2, 0) is 0 Å². The number of aryl methyl sites for hydroxylation is 1. The van der Waals surface area contributed by atoms with Gasteiger partial charge < -0.3 is 10.2 Å². The Morgan fingerprint density at radius 3 is 2.00 bits per heavy atom. The molecule has 0 saturated carbocycles. The highest BCUT2D eigenvalue weighted by molar-refractivity contribution is 6.30. The molecule has 1 atom stereocenters. The lowest BCUT2D eigenvalue weighted by Crippen LogP contribution is -2.29. The van der Waals surface area contributed by atoms with Crippen LogP contribution in [0.3, 0.4) is 0 Å². The summed E-state index contributed by atoms with van der Waals surface area (Å²) in [6.07, 6.45) is 0.852. The molecule has 3 rings (SSSR count). The lowest BCUT2D eigenvalue weighted by atomic mass is 10.0. The van der Waals surface area contributed by atoms with E-state index < -0.39 is 0 Å². The molecule has 0 saturated heterocycles. The van der Waals surface area contributed by atoms with Crippen molar-refractivity contribution in [3.05, 3.63) is 94.5 Å². The van der Waals surface area contributed by atoms with Crippen LogP contribution in [0.5, 0.6) is 0 Å². The molecule has 3 aromatic carbocycles. The number of nitrogens with zero attached hydrogens (tertiary/aromatic N) is 1. The third-order valence-corrected chi connectivity index (χ3v) is 5.37. The van der Waals surface area contributed by atoms with E-state index in [9.17, 15) is 4.79 Å². The number of amides is 1. The van der Waals surface area contributed by atoms with Gasteiger partial charge in [-0.15, -0.1) is 0 Å². The second kappa shape index (κ2) is 9.73. The van der Waals surface area contributed by atoms with Gasteiger partial charge in [-0.05, 0) is 68.4 Å². The third-order valence-electron chi connectivity index (χ3n) is 5.11. The van der Waals surface area contributed by atoms with Crippen molar-refractivity contribution in [2.45, 2.75) is 19.4 Å². The van der Waals surface area contributed by atoms with E-state index in [2.05, 4.69) is 55.5 Å². The zero-order valence-electron chi connectivity index (χ0n) is 17.2. The van der Waals surface area contributed by atoms with Crippen molar-refractivity contribution in [3.63, 3.8) is 0 Å². The fraction of sp³-hybridized carbons (Fsp3) is 0.240. The average molecular weight is 407 g/mol. The first-order valence-electron chi connectivity index (χ1n) is 9.81. The molecule has 29 heavy (non-hydrogen) atoms. The van der Waals surface area contributed by atoms with Crippen LogP contribution >= 0.6 is 11.6 Å². The maximum absolute atomic E-state index is 12.5. The number of hydrogen-bond acceptors (Lipinski definition) is 2. The highest BCUT2D eigenvalue weighted by Gasteiger charge is 2.14. The lowest BCUT2D eigenvalue weighted by molar-refractivity contribution is 0.0949. The fourth-order valence-corrected chi connectivity index (χ4v) is 3.52. The number of carbonyl (C=O) groups is 1. The minimum Gasteiger partial charge on any atom is -0.352 e. The Balaban J connectivity index is 1.58. The van der Waals surface area contributed by atoms with Crippen LogP contribution in [0, 0.1) is 6.92 Å². The van der Waals surface area contributed by atoms with Gasteiger partial charge in [-0.1, -0.05) is 65.7 Å². The Bertz CT molecular complexity index is 932. The molecule has 150 valence electrons. The molecular weight excluding hydrogens is 380 g/mol. The number of nitrogens with one attached hydrogen (secondary N) is 1. The van der Waals surface area contributed by atoms with Crippen LogP contribution in [0.1, 0.15) is 33.9 Å². The molecule has 1 unspecified atom stereocenters. The van der Waals surface area contributed by atoms with Gasteiger partial charge in [0.15, 0.2) is 0 Å². The second-order valence-corrected chi connectivity index (χ2v) is 7.96. The first-order chi connectivity index (χ1) is 13.9. The third kappa shape index (κ3) is 5.69. The Morgan fingerprint density at radius 2 is 1.45 bits per heavy atom. The van der Waals surface area contributed by atoms with Crippen LogP contribution in [0.2, 0.25) is 5.02 Å². The summed E-state index contributed by atoms with van der Waals surface area (Å²) < 4.78 is 0. The normalized spacial score (nSPS) is 12.0. The van der Waals surface area contributed by atoms with E-state index in [1.807, 2.05) is 48.5 Å². The van der Waals surface area contributed by atoms with Gasteiger partial charge in [-0.25, -0.2) is 0 Å². The molecule has 0 radical (unpaired) electrons. The van der Waals surface area contributed by atoms with Crippen LogP contribution in [0.25, 0.3) is 11.1 Å². The van der Waals surface area contributed by atoms with E-state index in [4.69, 9.17) is 11.6 Å². The lowest BCUT2D eigenvalue weighted by Gasteiger charge is -2.25. The van der Waals surface area contributed by atoms with Crippen molar-refractivity contribution in [1.29, 1.82) is 0 Å². The first-order valence-corrected chi connectivity index (χ1v) is 10.2. The quantitative estimate of drug-likeness (QED) is 0.542. The van der Waals surface area contributed by atoms with E-state index >= 15 is 0 Å². The second-order valence-electron chi connectivity index (χ2n) is 7.52. The maximum Gasteiger partial charge on any atom is 0.251 e. The largest absolute Gasteiger partial charge is 0.352 e. The highest BCUT2D eigenvalue weighted by atomic mass is 35.5. The zero-order chi connectivity index (χ0) is 20.8. The van der Waals surface area contributed by atoms with E-state index in [0.29, 0.717) is 17.1 Å². The molecule has 1 N–H and O–H groups in total. The molecule has 4 heteroatoms. The summed E-state index contributed by atoms with van der Waals surface area (Å²) in [6.45, 7) is 2.71. The topological polar surface area (TPSA) is 32.3 Å². The van der Waals surface area contributed by atoms with Crippen LogP contribution in [0.15, 0.2) is 72.8 Å². The van der Waals surface area contributed by atoms with E-state index in [0.717, 1.165) is 17.5 Å². The van der Waals surface area contributed by atoms with Gasteiger partial charge in [-0.2, -0.15) is 0 Å². The Morgan fingerprint density at radius 1 is 0.897 bits per heavy atom. The number of rotatable bonds is 7. The number of benzene rings is 3. The van der Waals surface area contributed by atoms with Crippen LogP contribution in [-0.4, -0.2) is 31.4 Å². The number of carbonyl (C=O) groups excluding carboxylic acids is 1. The molecule has 0 aromatic heterocycles. The molecule has 0 spiro atoms. The van der Waals surface area contributed by atoms with Gasteiger partial charge in [-0.3, -0.25) is 4.79 Å². The average Bonchev–Trinajstić information content (AvgIpc) is 2.72. The van der Waals surface area contributed by atoms with Crippen molar-refractivity contribution >= 4 is 17.5 Å². The maximum atomic E-state index is 12.5. The summed E-state index contributed by atoms with van der Waals surface area (Å²) in [5.41, 5.74) is 5.32. The van der Waals surface area contributed by atoms with Crippen molar-refractivity contribution in [3.8, 4) is 11.1 Å². The zero-order valence-corrected chi connectivity index (χ0v) is 17.9. The van der Waals surface area contributed by atoms with E-state index in [1.165, 1.54) is 11.1 Å². The molecule has 0 aliphatic carbocycles. The first kappa shape index (κ1) is 21.1. The molecule has 0 heterocycles. The van der Waals surface area contributed by atoms with Crippen LogP contribution in [0.4, 0.5) is 0 Å². The molecule has 1 amide bonds. The Kier molecular flexibility index (Phi) is 7.08. The van der Waals surface area contributed by atoms with E-state index in [-0.39, 0.29) is 11.9 Å². The van der Waals surface area contributed by atoms with Crippen LogP contribution < -0.4 is 5.32 Å². The predicted octanol–water partition coefficient (Wildman–Crippen LogP) is 5.74. The van der Waals surface area contributed by atoms with E-state index in [1.54, 1.807) is 0 Å². The van der Waals surface area contributed by atoms with Gasteiger partial charge >= 0.3 is 0 Å². The van der Waals surface area contributed by atoms with Gasteiger partial charge in [0, 0.05) is 23.2 Å². The predicted molar refractivity (Wildman–Crippen MR) is 121 cm³/mol. The standard InChI is InChI=1S/C25H27ClN2O/c1-18-4-6-21(7-5-18)24(28(2)3)16-17-27-25(29)22-10-8-19(9-11-22)20-12-14-23(26)15-13-20/h4-15,24H,16-17H2,1-3H3,(H,27,29). The van der Waals surface area contributed by atoms with Crippen molar-refractivity contribution in [2.24, 2.45) is 0 Å². The summed E-state index contributed by atoms with van der Waals surface area (Å²) in [7, 11) is 4.14. The monoisotopic (exact) mass is 406 g/mol. The summed E-state index contributed by atoms with van der Waals surface area (Å²) >= 11 is 5.95. The van der Waals surface area contributed by atoms with Crippen molar-refractivity contribution in [2.75, 3.05) is 20.6 Å². The SMILES string of the molecule is Cc1ccc(C(CCNC(=O)c2ccc(-c3ccc(Cl)cc3)cc2)N(C)C)cc1. The fourth-order valence-electron chi connectivity index (χ4n) is 3.39. The Labute approximate surface area is 178 Å². The van der Waals surface area contributed by atoms with Crippen molar-refractivity contribution in [1.82, 2.24) is 10.2 Å². The molecule has 0 aliphatic heterocycles. The van der Waals surface area contributed by atoms with Gasteiger partial charge in [0.25, 0.3) is 5.91 Å². The molecule has 0 bridgehead atoms. The van der Waals surface area contributed by atoms with Gasteiger partial charge in [0.05, 0.1) is 0 Å². The molecule has 3 nitrogen and oxygen atoms in total. The summed E-state index contributed by atoms with van der Waals surface area (Å²) in [6, 6.07) is 24.2. The Hall–Kier alpha value is -2.62. The highest BCUT2D eigenvalue weighted by Crippen LogP contribution is 2.23. The minimum absolute atomic E-state index is 0.0472. The molecular formula is C25H27ClN2O. The van der Waals surface area contributed by atoms with Crippen molar-refractivity contribution < 1.29 is 4.79 Å².